The Kier molecular flexibility index (Phi) is 8.51. The Hall–Kier alpha value is -1.62. The van der Waals surface area contributed by atoms with E-state index in [-0.39, 0.29) is 69.3 Å². The lowest BCUT2D eigenvalue weighted by atomic mass is 9.41. The van der Waals surface area contributed by atoms with Gasteiger partial charge < -0.3 is 34.4 Å². The monoisotopic (exact) mass is 711 g/mol. The van der Waals surface area contributed by atoms with Gasteiger partial charge in [-0.05, 0) is 128 Å². The van der Waals surface area contributed by atoms with E-state index in [2.05, 4.69) is 34.6 Å². The van der Waals surface area contributed by atoms with Crippen molar-refractivity contribution in [1.29, 1.82) is 0 Å². The molecule has 7 fully saturated rings. The zero-order valence-corrected chi connectivity index (χ0v) is 31.9. The number of nitrogens with zero attached hydrogens (tertiary/aromatic N) is 1. The van der Waals surface area contributed by atoms with Gasteiger partial charge in [-0.15, -0.1) is 0 Å². The fourth-order valence-electron chi connectivity index (χ4n) is 14.2. The number of aliphatic hydroxyl groups excluding tert-OH is 2. The van der Waals surface area contributed by atoms with Gasteiger partial charge in [0.25, 0.3) is 0 Å². The first-order valence-corrected chi connectivity index (χ1v) is 19.9. The summed E-state index contributed by atoms with van der Waals surface area (Å²) in [7, 11) is 0. The molecule has 1 aromatic rings. The van der Waals surface area contributed by atoms with Crippen LogP contribution in [0.5, 0.6) is 0 Å². The van der Waals surface area contributed by atoms with Crippen molar-refractivity contribution >= 4 is 5.91 Å². The van der Waals surface area contributed by atoms with Gasteiger partial charge in [-0.2, -0.15) is 0 Å². The lowest BCUT2D eigenvalue weighted by Gasteiger charge is -2.64. The van der Waals surface area contributed by atoms with Crippen molar-refractivity contribution in [3.63, 3.8) is 0 Å². The van der Waals surface area contributed by atoms with Crippen LogP contribution in [-0.2, 0) is 25.4 Å². The Morgan fingerprint density at radius 1 is 1.06 bits per heavy atom. The summed E-state index contributed by atoms with van der Waals surface area (Å²) in [6.07, 6.45) is 5.78. The van der Waals surface area contributed by atoms with Crippen LogP contribution in [0.25, 0.3) is 0 Å². The predicted molar refractivity (Wildman–Crippen MR) is 190 cm³/mol. The van der Waals surface area contributed by atoms with Crippen LogP contribution >= 0.6 is 0 Å². The summed E-state index contributed by atoms with van der Waals surface area (Å²) < 4.78 is 33.0. The van der Waals surface area contributed by atoms with Crippen molar-refractivity contribution in [2.24, 2.45) is 50.7 Å². The number of carbonyl (C=O) groups excluding carboxylic acids is 1. The quantitative estimate of drug-likeness (QED) is 0.338. The molecule has 5 saturated carbocycles. The highest BCUT2D eigenvalue weighted by Crippen LogP contribution is 2.89. The maximum Gasteiger partial charge on any atom is 0.227 e. The molecule has 14 atom stereocenters. The van der Waals surface area contributed by atoms with E-state index in [1.165, 1.54) is 25.0 Å². The summed E-state index contributed by atoms with van der Waals surface area (Å²) in [4.78, 5) is 15.0. The van der Waals surface area contributed by atoms with Crippen molar-refractivity contribution in [1.82, 2.24) is 4.90 Å². The van der Waals surface area contributed by atoms with Crippen LogP contribution in [0.15, 0.2) is 24.3 Å². The molecule has 3 N–H and O–H groups in total. The number of fused-ring (bicyclic) bond motifs is 4. The Morgan fingerprint density at radius 2 is 1.75 bits per heavy atom. The summed E-state index contributed by atoms with van der Waals surface area (Å²) in [5.41, 5.74) is -0.454. The molecule has 2 saturated heterocycles. The molecule has 2 heterocycles. The second-order valence-corrected chi connectivity index (χ2v) is 19.7. The second kappa shape index (κ2) is 11.9. The average Bonchev–Trinajstić information content (AvgIpc) is 3.71. The summed E-state index contributed by atoms with van der Waals surface area (Å²) >= 11 is 0. The lowest BCUT2D eigenvalue weighted by molar-refractivity contribution is -0.248. The van der Waals surface area contributed by atoms with Gasteiger partial charge >= 0.3 is 0 Å². The Morgan fingerprint density at radius 3 is 2.45 bits per heavy atom. The standard InChI is InChI=1S/C42H62FNO7/c1-24-20-27(35(46)38(4,5)48)50-34-33(24)39(6)16-17-42-23-41(42)15-14-30(37(2,3)28(41)12-13-29(42)40(39,7)36(34)47)51-32-22-44(18-19-49-32)31(45)21-25-8-10-26(43)11-9-25/h8-11,24,27-30,32-36,46-48H,12-23H2,1-7H3. The van der Waals surface area contributed by atoms with Crippen molar-refractivity contribution in [3.8, 4) is 0 Å². The van der Waals surface area contributed by atoms with Crippen molar-refractivity contribution in [2.45, 2.75) is 149 Å². The molecule has 51 heavy (non-hydrogen) atoms. The van der Waals surface area contributed by atoms with Gasteiger partial charge in [0, 0.05) is 12.0 Å². The van der Waals surface area contributed by atoms with E-state index in [9.17, 15) is 24.5 Å². The first kappa shape index (κ1) is 36.4. The number of ether oxygens (including phenoxy) is 3. The molecule has 0 bridgehead atoms. The highest BCUT2D eigenvalue weighted by atomic mass is 19.1. The summed E-state index contributed by atoms with van der Waals surface area (Å²) in [6, 6.07) is 6.13. The zero-order valence-electron chi connectivity index (χ0n) is 31.9. The van der Waals surface area contributed by atoms with Gasteiger partial charge in [0.2, 0.25) is 5.91 Å². The van der Waals surface area contributed by atoms with Crippen molar-refractivity contribution < 1.29 is 38.7 Å². The molecule has 2 aliphatic heterocycles. The molecule has 0 radical (unpaired) electrons. The van der Waals surface area contributed by atoms with Gasteiger partial charge in [-0.1, -0.05) is 46.8 Å². The molecule has 284 valence electrons. The molecule has 0 aromatic heterocycles. The molecular weight excluding hydrogens is 649 g/mol. The van der Waals surface area contributed by atoms with Gasteiger partial charge in [0.05, 0.1) is 49.6 Å². The molecule has 5 aliphatic carbocycles. The molecule has 1 amide bonds. The van der Waals surface area contributed by atoms with E-state index >= 15 is 0 Å². The van der Waals surface area contributed by atoms with E-state index in [1.54, 1.807) is 26.0 Å². The minimum atomic E-state index is -1.27. The van der Waals surface area contributed by atoms with Crippen LogP contribution in [0.4, 0.5) is 4.39 Å². The molecule has 7 aliphatic rings. The fraction of sp³-hybridized carbons (Fsp3) is 0.833. The molecular formula is C42H62FNO7. The predicted octanol–water partition coefficient (Wildman–Crippen LogP) is 5.88. The van der Waals surface area contributed by atoms with E-state index in [1.807, 2.05) is 4.90 Å². The third-order valence-corrected chi connectivity index (χ3v) is 16.8. The lowest BCUT2D eigenvalue weighted by Crippen LogP contribution is -2.60. The van der Waals surface area contributed by atoms with Crippen molar-refractivity contribution in [2.75, 3.05) is 19.7 Å². The van der Waals surface area contributed by atoms with Crippen LogP contribution in [0, 0.1) is 56.6 Å². The number of halogens is 1. The Bertz CT molecular complexity index is 1510. The molecule has 1 aromatic carbocycles. The van der Waals surface area contributed by atoms with E-state index in [4.69, 9.17) is 14.2 Å². The SMILES string of the molecule is CC1CC(C(O)C(C)(C)O)OC2C1C1(C)CCC34CC35CCC(OC3CN(C(=O)Cc6ccc(F)cc6)CCO3)C(C)(C)C5CCC4C1(C)C2O. The average molecular weight is 712 g/mol. The molecule has 8 rings (SSSR count). The third-order valence-electron chi connectivity index (χ3n) is 16.8. The normalized spacial score (nSPS) is 47.7. The number of hydrogen-bond donors (Lipinski definition) is 3. The maximum atomic E-state index is 13.4. The highest BCUT2D eigenvalue weighted by molar-refractivity contribution is 5.78. The molecule has 9 heteroatoms. The Balaban J connectivity index is 0.976. The number of benzene rings is 1. The smallest absolute Gasteiger partial charge is 0.227 e. The number of amides is 1. The number of carbonyl (C=O) groups is 1. The van der Waals surface area contributed by atoms with Crippen LogP contribution in [0.1, 0.15) is 105 Å². The summed E-state index contributed by atoms with van der Waals surface area (Å²) in [5.74, 6) is 1.11. The summed E-state index contributed by atoms with van der Waals surface area (Å²) in [6.45, 7) is 16.5. The first-order valence-electron chi connectivity index (χ1n) is 19.9. The van der Waals surface area contributed by atoms with E-state index < -0.39 is 30.2 Å². The van der Waals surface area contributed by atoms with Crippen LogP contribution in [-0.4, -0.2) is 88.2 Å². The Labute approximate surface area is 303 Å². The van der Waals surface area contributed by atoms with Crippen LogP contribution in [0.2, 0.25) is 0 Å². The molecule has 14 unspecified atom stereocenters. The van der Waals surface area contributed by atoms with Gasteiger partial charge in [0.15, 0.2) is 6.29 Å². The first-order chi connectivity index (χ1) is 23.9. The van der Waals surface area contributed by atoms with Gasteiger partial charge in [-0.3, -0.25) is 4.79 Å². The molecule has 2 spiro atoms. The number of hydrogen-bond acceptors (Lipinski definition) is 7. The largest absolute Gasteiger partial charge is 0.390 e. The molecule has 8 nitrogen and oxygen atoms in total. The van der Waals surface area contributed by atoms with E-state index in [0.29, 0.717) is 38.0 Å². The highest BCUT2D eigenvalue weighted by Gasteiger charge is 2.84. The van der Waals surface area contributed by atoms with Crippen LogP contribution < -0.4 is 0 Å². The van der Waals surface area contributed by atoms with Crippen LogP contribution in [0.3, 0.4) is 0 Å². The van der Waals surface area contributed by atoms with Gasteiger partial charge in [0.1, 0.15) is 11.9 Å². The van der Waals surface area contributed by atoms with E-state index in [0.717, 1.165) is 37.7 Å². The topological polar surface area (TPSA) is 109 Å². The fourth-order valence-corrected chi connectivity index (χ4v) is 14.2. The maximum absolute atomic E-state index is 13.4. The van der Waals surface area contributed by atoms with Crippen molar-refractivity contribution in [3.05, 3.63) is 35.6 Å². The number of aliphatic hydroxyl groups is 3. The number of morpholine rings is 1. The minimum Gasteiger partial charge on any atom is -0.390 e. The second-order valence-electron chi connectivity index (χ2n) is 19.7. The number of rotatable bonds is 6. The third kappa shape index (κ3) is 5.13. The summed E-state index contributed by atoms with van der Waals surface area (Å²) in [5, 5.41) is 34.2. The van der Waals surface area contributed by atoms with Gasteiger partial charge in [-0.25, -0.2) is 4.39 Å². The zero-order chi connectivity index (χ0) is 36.5. The minimum absolute atomic E-state index is 0.00840.